The highest BCUT2D eigenvalue weighted by atomic mass is 16.5. The van der Waals surface area contributed by atoms with Crippen molar-refractivity contribution in [1.29, 1.82) is 0 Å². The van der Waals surface area contributed by atoms with E-state index in [4.69, 9.17) is 9.15 Å². The molecular weight excluding hydrogens is 406 g/mol. The Bertz CT molecular complexity index is 1200. The molecule has 2 heterocycles. The van der Waals surface area contributed by atoms with E-state index < -0.39 is 23.9 Å². The lowest BCUT2D eigenvalue weighted by atomic mass is 9.69. The number of fused-ring (bicyclic) bond motifs is 3. The van der Waals surface area contributed by atoms with Crippen LogP contribution in [0.2, 0.25) is 0 Å². The van der Waals surface area contributed by atoms with Crippen molar-refractivity contribution in [3.8, 4) is 0 Å². The molecular formula is C26H25NO5. The fraction of sp³-hybridized carbons (Fsp3) is 0.346. The van der Waals surface area contributed by atoms with Crippen molar-refractivity contribution in [2.75, 3.05) is 11.5 Å². The molecule has 0 N–H and O–H groups in total. The third kappa shape index (κ3) is 3.17. The molecule has 1 unspecified atom stereocenters. The summed E-state index contributed by atoms with van der Waals surface area (Å²) in [6.45, 7) is 3.85. The maximum absolute atomic E-state index is 13.6. The summed E-state index contributed by atoms with van der Waals surface area (Å²) < 4.78 is 12.3. The highest BCUT2D eigenvalue weighted by Gasteiger charge is 2.52. The maximum Gasteiger partial charge on any atom is 0.238 e. The van der Waals surface area contributed by atoms with Crippen molar-refractivity contribution in [3.05, 3.63) is 65.9 Å². The number of para-hydroxylation sites is 2. The van der Waals surface area contributed by atoms with Gasteiger partial charge < -0.3 is 9.15 Å². The van der Waals surface area contributed by atoms with Crippen LogP contribution in [0, 0.1) is 11.8 Å². The average Bonchev–Trinajstić information content (AvgIpc) is 3.30. The van der Waals surface area contributed by atoms with Gasteiger partial charge >= 0.3 is 0 Å². The molecule has 0 radical (unpaired) electrons. The van der Waals surface area contributed by atoms with Gasteiger partial charge in [0.1, 0.15) is 17.1 Å². The second-order valence-electron chi connectivity index (χ2n) is 8.52. The fourth-order valence-electron chi connectivity index (χ4n) is 5.37. The number of ether oxygens (including phenoxy) is 1. The summed E-state index contributed by atoms with van der Waals surface area (Å²) in [6.07, 6.45) is 0.00651. The number of benzene rings is 2. The van der Waals surface area contributed by atoms with Gasteiger partial charge in [-0.15, -0.1) is 0 Å². The molecule has 1 saturated heterocycles. The molecule has 1 aliphatic heterocycles. The van der Waals surface area contributed by atoms with Gasteiger partial charge in [0.05, 0.1) is 23.6 Å². The zero-order valence-electron chi connectivity index (χ0n) is 18.1. The molecule has 2 aliphatic rings. The number of anilines is 1. The lowest BCUT2D eigenvalue weighted by Gasteiger charge is -2.38. The molecule has 4 atom stereocenters. The third-order valence-electron chi connectivity index (χ3n) is 6.71. The second-order valence-corrected chi connectivity index (χ2v) is 8.52. The van der Waals surface area contributed by atoms with Gasteiger partial charge in [0, 0.05) is 36.3 Å². The number of hydrogen-bond acceptors (Lipinski definition) is 5. The normalized spacial score (nSPS) is 25.4. The molecule has 2 aromatic carbocycles. The van der Waals surface area contributed by atoms with Gasteiger partial charge in [-0.2, -0.15) is 0 Å². The number of Topliss-reactive ketones (excluding diaryl/α,β-unsaturated/α-hetero) is 1. The number of furan rings is 1. The zero-order chi connectivity index (χ0) is 22.4. The maximum atomic E-state index is 13.6. The molecule has 2 amide bonds. The summed E-state index contributed by atoms with van der Waals surface area (Å²) in [7, 11) is 0. The van der Waals surface area contributed by atoms with Crippen LogP contribution in [0.3, 0.4) is 0 Å². The smallest absolute Gasteiger partial charge is 0.238 e. The standard InChI is InChI=1S/C26H25NO5/c1-3-31-25-18(15(2)28)13-21-23(17-11-7-8-12-20(17)32-21)24(25)19-14-22(29)27(26(19)30)16-9-5-4-6-10-16/h4-12,18-19,24-25H,3,13-14H2,1-2H3/t18-,19?,24+,25+/m0/s1. The first-order valence-electron chi connectivity index (χ1n) is 11.1. The summed E-state index contributed by atoms with van der Waals surface area (Å²) >= 11 is 0. The molecule has 1 aromatic heterocycles. The number of amides is 2. The van der Waals surface area contributed by atoms with Crippen LogP contribution in [-0.2, 0) is 25.5 Å². The van der Waals surface area contributed by atoms with E-state index in [1.54, 1.807) is 31.2 Å². The van der Waals surface area contributed by atoms with E-state index in [0.29, 0.717) is 24.5 Å². The highest BCUT2D eigenvalue weighted by Crippen LogP contribution is 2.49. The summed E-state index contributed by atoms with van der Waals surface area (Å²) in [4.78, 5) is 40.5. The van der Waals surface area contributed by atoms with E-state index in [9.17, 15) is 14.4 Å². The minimum Gasteiger partial charge on any atom is -0.461 e. The third-order valence-corrected chi connectivity index (χ3v) is 6.71. The minimum absolute atomic E-state index is 0.00348. The van der Waals surface area contributed by atoms with Gasteiger partial charge in [-0.25, -0.2) is 0 Å². The lowest BCUT2D eigenvalue weighted by molar-refractivity contribution is -0.131. The van der Waals surface area contributed by atoms with E-state index in [2.05, 4.69) is 0 Å². The summed E-state index contributed by atoms with van der Waals surface area (Å²) in [5.74, 6) is -1.27. The molecule has 6 heteroatoms. The summed E-state index contributed by atoms with van der Waals surface area (Å²) in [5, 5.41) is 0.914. The van der Waals surface area contributed by atoms with Crippen molar-refractivity contribution in [2.45, 2.75) is 38.7 Å². The van der Waals surface area contributed by atoms with Crippen molar-refractivity contribution in [2.24, 2.45) is 11.8 Å². The largest absolute Gasteiger partial charge is 0.461 e. The molecule has 3 aromatic rings. The second kappa shape index (κ2) is 8.02. The van der Waals surface area contributed by atoms with E-state index >= 15 is 0 Å². The summed E-state index contributed by atoms with van der Waals surface area (Å²) in [6, 6.07) is 16.7. The number of carbonyl (C=O) groups excluding carboxylic acids is 3. The molecule has 6 nitrogen and oxygen atoms in total. The van der Waals surface area contributed by atoms with Crippen LogP contribution in [-0.4, -0.2) is 30.3 Å². The topological polar surface area (TPSA) is 76.8 Å². The van der Waals surface area contributed by atoms with Crippen LogP contribution in [0.4, 0.5) is 5.69 Å². The Balaban J connectivity index is 1.66. The van der Waals surface area contributed by atoms with Gasteiger partial charge in [0.2, 0.25) is 11.8 Å². The van der Waals surface area contributed by atoms with Crippen molar-refractivity contribution in [1.82, 2.24) is 0 Å². The first-order chi connectivity index (χ1) is 15.5. The Labute approximate surface area is 186 Å². The predicted octanol–water partition coefficient (Wildman–Crippen LogP) is 4.26. The SMILES string of the molecule is CCO[C@@H]1[C@H](C(C)=O)Cc2oc3ccccc3c2[C@H]1C1CC(=O)N(c2ccccc2)C1=O. The number of hydrogen-bond donors (Lipinski definition) is 0. The first kappa shape index (κ1) is 20.6. The van der Waals surface area contributed by atoms with Gasteiger partial charge in [0.25, 0.3) is 0 Å². The van der Waals surface area contributed by atoms with Crippen molar-refractivity contribution >= 4 is 34.3 Å². The Morgan fingerprint density at radius 2 is 1.78 bits per heavy atom. The van der Waals surface area contributed by atoms with Crippen LogP contribution in [0.1, 0.15) is 37.5 Å². The number of imide groups is 1. The monoisotopic (exact) mass is 431 g/mol. The van der Waals surface area contributed by atoms with Crippen LogP contribution in [0.5, 0.6) is 0 Å². The van der Waals surface area contributed by atoms with E-state index in [0.717, 1.165) is 16.5 Å². The van der Waals surface area contributed by atoms with E-state index in [1.165, 1.54) is 4.90 Å². The van der Waals surface area contributed by atoms with E-state index in [-0.39, 0.29) is 24.0 Å². The molecule has 164 valence electrons. The Morgan fingerprint density at radius 1 is 1.06 bits per heavy atom. The molecule has 32 heavy (non-hydrogen) atoms. The Morgan fingerprint density at radius 3 is 2.50 bits per heavy atom. The fourth-order valence-corrected chi connectivity index (χ4v) is 5.37. The zero-order valence-corrected chi connectivity index (χ0v) is 18.1. The van der Waals surface area contributed by atoms with Gasteiger partial charge in [0.15, 0.2) is 0 Å². The number of ketones is 1. The highest BCUT2D eigenvalue weighted by molar-refractivity contribution is 6.21. The van der Waals surface area contributed by atoms with Gasteiger partial charge in [-0.3, -0.25) is 19.3 Å². The average molecular weight is 431 g/mol. The van der Waals surface area contributed by atoms with Crippen LogP contribution < -0.4 is 4.90 Å². The number of nitrogens with zero attached hydrogens (tertiary/aromatic N) is 1. The predicted molar refractivity (Wildman–Crippen MR) is 119 cm³/mol. The lowest BCUT2D eigenvalue weighted by Crippen LogP contribution is -2.44. The van der Waals surface area contributed by atoms with Crippen molar-refractivity contribution < 1.29 is 23.5 Å². The quantitative estimate of drug-likeness (QED) is 0.564. The van der Waals surface area contributed by atoms with E-state index in [1.807, 2.05) is 37.3 Å². The van der Waals surface area contributed by atoms with Gasteiger partial charge in [-0.05, 0) is 32.0 Å². The molecule has 5 rings (SSSR count). The molecule has 1 fully saturated rings. The van der Waals surface area contributed by atoms with Gasteiger partial charge in [-0.1, -0.05) is 36.4 Å². The Kier molecular flexibility index (Phi) is 5.18. The molecule has 1 aliphatic carbocycles. The van der Waals surface area contributed by atoms with Crippen LogP contribution in [0.15, 0.2) is 59.0 Å². The molecule has 0 bridgehead atoms. The molecule has 0 spiro atoms. The Hall–Kier alpha value is -3.25. The van der Waals surface area contributed by atoms with Crippen LogP contribution in [0.25, 0.3) is 11.0 Å². The first-order valence-corrected chi connectivity index (χ1v) is 11.1. The van der Waals surface area contributed by atoms with Crippen molar-refractivity contribution in [3.63, 3.8) is 0 Å². The minimum atomic E-state index is -0.624. The summed E-state index contributed by atoms with van der Waals surface area (Å²) in [5.41, 5.74) is 2.19. The van der Waals surface area contributed by atoms with Crippen LogP contribution >= 0.6 is 0 Å². The molecule has 0 saturated carbocycles. The number of carbonyl (C=O) groups is 3. The number of rotatable bonds is 5.